The van der Waals surface area contributed by atoms with Gasteiger partial charge in [0.25, 0.3) is 5.91 Å². The van der Waals surface area contributed by atoms with Crippen LogP contribution in [-0.2, 0) is 0 Å². The molecule has 2 aromatic carbocycles. The largest absolute Gasteiger partial charge is 0.497 e. The third kappa shape index (κ3) is 4.69. The zero-order valence-corrected chi connectivity index (χ0v) is 20.4. The lowest BCUT2D eigenvalue weighted by atomic mass is 9.89. The van der Waals surface area contributed by atoms with Gasteiger partial charge in [0.05, 0.1) is 19.0 Å². The first-order valence-corrected chi connectivity index (χ1v) is 11.9. The highest BCUT2D eigenvalue weighted by Crippen LogP contribution is 2.32. The molecule has 0 atom stereocenters. The van der Waals surface area contributed by atoms with Crippen LogP contribution in [0.1, 0.15) is 50.6 Å². The number of piperidine rings is 1. The number of hydrogen-bond donors (Lipinski definition) is 2. The van der Waals surface area contributed by atoms with Gasteiger partial charge in [-0.05, 0) is 61.1 Å². The highest BCUT2D eigenvalue weighted by Gasteiger charge is 2.28. The van der Waals surface area contributed by atoms with Crippen molar-refractivity contribution < 1.29 is 23.8 Å². The SMILES string of the molecule is COc1ccc(C2CCN(C(=O)c3cnc4c(C(=O)O)cnn4c3Nc3cc(C)ccc3F)CC2)cc1. The summed E-state index contributed by atoms with van der Waals surface area (Å²) < 4.78 is 21.1. The molecule has 1 fully saturated rings. The van der Waals surface area contributed by atoms with Crippen LogP contribution in [0.15, 0.2) is 54.9 Å². The molecule has 190 valence electrons. The fourth-order valence-corrected chi connectivity index (χ4v) is 4.68. The molecule has 1 saturated heterocycles. The number of rotatable bonds is 6. The number of carbonyl (C=O) groups excluding carboxylic acids is 1. The number of aromatic carboxylic acids is 1. The molecule has 10 heteroatoms. The molecule has 2 aromatic heterocycles. The number of hydrogen-bond acceptors (Lipinski definition) is 6. The number of methoxy groups -OCH3 is 1. The Kier molecular flexibility index (Phi) is 6.47. The summed E-state index contributed by atoms with van der Waals surface area (Å²) in [5.74, 6) is -0.725. The normalized spacial score (nSPS) is 14.1. The lowest BCUT2D eigenvalue weighted by molar-refractivity contribution is 0.0695. The molecular formula is C27H26FN5O4. The van der Waals surface area contributed by atoms with E-state index in [1.165, 1.54) is 22.3 Å². The third-order valence-corrected chi connectivity index (χ3v) is 6.73. The Labute approximate surface area is 212 Å². The molecule has 0 bridgehead atoms. The van der Waals surface area contributed by atoms with Gasteiger partial charge in [0.2, 0.25) is 0 Å². The number of likely N-dealkylation sites (tertiary alicyclic amines) is 1. The summed E-state index contributed by atoms with van der Waals surface area (Å²) in [7, 11) is 1.63. The van der Waals surface area contributed by atoms with Gasteiger partial charge in [-0.1, -0.05) is 18.2 Å². The van der Waals surface area contributed by atoms with E-state index in [9.17, 15) is 19.1 Å². The molecule has 9 nitrogen and oxygen atoms in total. The highest BCUT2D eigenvalue weighted by molar-refractivity contribution is 6.01. The van der Waals surface area contributed by atoms with Crippen LogP contribution in [0.2, 0.25) is 0 Å². The second-order valence-electron chi connectivity index (χ2n) is 9.07. The van der Waals surface area contributed by atoms with Crippen LogP contribution in [0.4, 0.5) is 15.9 Å². The van der Waals surface area contributed by atoms with E-state index < -0.39 is 11.8 Å². The first-order valence-electron chi connectivity index (χ1n) is 11.9. The fourth-order valence-electron chi connectivity index (χ4n) is 4.68. The molecule has 0 radical (unpaired) electrons. The average molecular weight is 504 g/mol. The predicted octanol–water partition coefficient (Wildman–Crippen LogP) is 4.65. The number of aromatic nitrogens is 3. The van der Waals surface area contributed by atoms with Crippen molar-refractivity contribution in [3.05, 3.63) is 82.9 Å². The number of nitrogens with one attached hydrogen (secondary N) is 1. The van der Waals surface area contributed by atoms with Crippen LogP contribution in [-0.4, -0.2) is 56.7 Å². The Hall–Kier alpha value is -4.47. The molecule has 0 aliphatic carbocycles. The zero-order chi connectivity index (χ0) is 26.1. The van der Waals surface area contributed by atoms with E-state index in [4.69, 9.17) is 4.74 Å². The van der Waals surface area contributed by atoms with Crippen LogP contribution in [0, 0.1) is 12.7 Å². The zero-order valence-electron chi connectivity index (χ0n) is 20.4. The molecule has 2 N–H and O–H groups in total. The standard InChI is InChI=1S/C27H26FN5O4/c1-16-3-8-22(28)23(13-16)31-25-20(14-29-24-21(27(35)36)15-30-33(24)25)26(34)32-11-9-18(10-12-32)17-4-6-19(37-2)7-5-17/h3-8,13-15,18,31H,9-12H2,1-2H3,(H,35,36). The summed E-state index contributed by atoms with van der Waals surface area (Å²) in [5.41, 5.74) is 2.27. The van der Waals surface area contributed by atoms with Gasteiger partial charge in [-0.25, -0.2) is 14.2 Å². The third-order valence-electron chi connectivity index (χ3n) is 6.73. The van der Waals surface area contributed by atoms with E-state index in [1.54, 1.807) is 24.1 Å². The molecule has 0 unspecified atom stereocenters. The molecule has 0 spiro atoms. The number of carbonyl (C=O) groups is 2. The minimum absolute atomic E-state index is 0.0535. The summed E-state index contributed by atoms with van der Waals surface area (Å²) >= 11 is 0. The number of benzene rings is 2. The Bertz CT molecular complexity index is 1480. The van der Waals surface area contributed by atoms with E-state index in [0.29, 0.717) is 19.0 Å². The number of anilines is 2. The average Bonchev–Trinajstić information content (AvgIpc) is 3.36. The van der Waals surface area contributed by atoms with Crippen molar-refractivity contribution in [2.75, 3.05) is 25.5 Å². The van der Waals surface area contributed by atoms with Crippen molar-refractivity contribution in [1.29, 1.82) is 0 Å². The van der Waals surface area contributed by atoms with Crippen LogP contribution >= 0.6 is 0 Å². The first-order chi connectivity index (χ1) is 17.9. The van der Waals surface area contributed by atoms with E-state index >= 15 is 0 Å². The van der Waals surface area contributed by atoms with Crippen LogP contribution in [0.5, 0.6) is 5.75 Å². The van der Waals surface area contributed by atoms with Gasteiger partial charge in [0.1, 0.15) is 28.5 Å². The van der Waals surface area contributed by atoms with E-state index in [1.807, 2.05) is 19.1 Å². The number of carboxylic acids is 1. The van der Waals surface area contributed by atoms with Crippen molar-refractivity contribution in [3.8, 4) is 5.75 Å². The minimum Gasteiger partial charge on any atom is -0.497 e. The second-order valence-corrected chi connectivity index (χ2v) is 9.07. The molecule has 1 aliphatic heterocycles. The maximum Gasteiger partial charge on any atom is 0.341 e. The maximum atomic E-state index is 14.6. The quantitative estimate of drug-likeness (QED) is 0.394. The van der Waals surface area contributed by atoms with E-state index in [2.05, 4.69) is 27.5 Å². The monoisotopic (exact) mass is 503 g/mol. The number of amides is 1. The Morgan fingerprint density at radius 2 is 1.81 bits per heavy atom. The minimum atomic E-state index is -1.20. The summed E-state index contributed by atoms with van der Waals surface area (Å²) in [4.78, 5) is 31.3. The molecular weight excluding hydrogens is 477 g/mol. The van der Waals surface area contributed by atoms with Gasteiger partial charge < -0.3 is 20.1 Å². The van der Waals surface area contributed by atoms with Crippen molar-refractivity contribution in [2.45, 2.75) is 25.7 Å². The van der Waals surface area contributed by atoms with Gasteiger partial charge in [0, 0.05) is 19.3 Å². The molecule has 0 saturated carbocycles. The van der Waals surface area contributed by atoms with Gasteiger partial charge in [-0.3, -0.25) is 4.79 Å². The molecule has 4 aromatic rings. The van der Waals surface area contributed by atoms with Crippen molar-refractivity contribution in [1.82, 2.24) is 19.5 Å². The van der Waals surface area contributed by atoms with Gasteiger partial charge in [-0.2, -0.15) is 9.61 Å². The van der Waals surface area contributed by atoms with Crippen LogP contribution in [0.25, 0.3) is 5.65 Å². The molecule has 37 heavy (non-hydrogen) atoms. The fraction of sp³-hybridized carbons (Fsp3) is 0.259. The van der Waals surface area contributed by atoms with E-state index in [0.717, 1.165) is 30.4 Å². The summed E-state index contributed by atoms with van der Waals surface area (Å²) in [5, 5.41) is 16.6. The van der Waals surface area contributed by atoms with Crippen LogP contribution in [0.3, 0.4) is 0 Å². The lowest BCUT2D eigenvalue weighted by Crippen LogP contribution is -2.38. The van der Waals surface area contributed by atoms with Crippen molar-refractivity contribution >= 4 is 29.0 Å². The number of nitrogens with zero attached hydrogens (tertiary/aromatic N) is 4. The van der Waals surface area contributed by atoms with Gasteiger partial charge in [-0.15, -0.1) is 0 Å². The molecule has 1 aliphatic rings. The van der Waals surface area contributed by atoms with Crippen molar-refractivity contribution in [2.24, 2.45) is 0 Å². The Morgan fingerprint density at radius 3 is 2.49 bits per heavy atom. The number of fused-ring (bicyclic) bond motifs is 1. The predicted molar refractivity (Wildman–Crippen MR) is 135 cm³/mol. The smallest absolute Gasteiger partial charge is 0.341 e. The maximum absolute atomic E-state index is 14.6. The molecule has 3 heterocycles. The number of aryl methyl sites for hydroxylation is 1. The highest BCUT2D eigenvalue weighted by atomic mass is 19.1. The summed E-state index contributed by atoms with van der Waals surface area (Å²) in [6.07, 6.45) is 4.07. The topological polar surface area (TPSA) is 109 Å². The molecule has 5 rings (SSSR count). The summed E-state index contributed by atoms with van der Waals surface area (Å²) in [6, 6.07) is 12.5. The number of ether oxygens (including phenoxy) is 1. The number of halogens is 1. The van der Waals surface area contributed by atoms with Gasteiger partial charge in [0.15, 0.2) is 5.65 Å². The first kappa shape index (κ1) is 24.2. The molecule has 1 amide bonds. The summed E-state index contributed by atoms with van der Waals surface area (Å²) in [6.45, 7) is 2.89. The van der Waals surface area contributed by atoms with E-state index in [-0.39, 0.29) is 34.2 Å². The van der Waals surface area contributed by atoms with Gasteiger partial charge >= 0.3 is 5.97 Å². The Morgan fingerprint density at radius 1 is 1.08 bits per heavy atom. The second kappa shape index (κ2) is 9.88. The van der Waals surface area contributed by atoms with Crippen LogP contribution < -0.4 is 10.1 Å². The Balaban J connectivity index is 1.45. The van der Waals surface area contributed by atoms with Crippen molar-refractivity contribution in [3.63, 3.8) is 0 Å². The lowest BCUT2D eigenvalue weighted by Gasteiger charge is -2.32. The number of carboxylic acid groups (broad SMARTS) is 1.